The van der Waals surface area contributed by atoms with Crippen molar-refractivity contribution in [3.8, 4) is 0 Å². The summed E-state index contributed by atoms with van der Waals surface area (Å²) in [4.78, 5) is 19.1. The van der Waals surface area contributed by atoms with E-state index in [1.807, 2.05) is 54.7 Å². The molecule has 0 spiro atoms. The number of amides is 1. The van der Waals surface area contributed by atoms with Crippen molar-refractivity contribution in [2.45, 2.75) is 18.9 Å². The van der Waals surface area contributed by atoms with Crippen LogP contribution in [0.1, 0.15) is 12.8 Å². The number of hydrogen-bond donors (Lipinski definition) is 1. The summed E-state index contributed by atoms with van der Waals surface area (Å²) in [5.74, 6) is 0.295. The van der Waals surface area contributed by atoms with Crippen LogP contribution in [0.15, 0.2) is 54.7 Å². The highest BCUT2D eigenvalue weighted by Crippen LogP contribution is 2.25. The molecular weight excluding hydrogens is 290 g/mol. The fraction of sp³-hybridized carbons (Fsp3) is 0.235. The second-order valence-electron chi connectivity index (χ2n) is 5.62. The van der Waals surface area contributed by atoms with Crippen molar-refractivity contribution in [1.29, 1.82) is 0 Å². The lowest BCUT2D eigenvalue weighted by Gasteiger charge is -2.25. The van der Waals surface area contributed by atoms with E-state index in [-0.39, 0.29) is 11.9 Å². The van der Waals surface area contributed by atoms with Gasteiger partial charge in [0.05, 0.1) is 0 Å². The Morgan fingerprint density at radius 1 is 1.13 bits per heavy atom. The summed E-state index contributed by atoms with van der Waals surface area (Å²) in [6.45, 7) is 0.890. The predicted octanol–water partition coefficient (Wildman–Crippen LogP) is 2.34. The van der Waals surface area contributed by atoms with Crippen molar-refractivity contribution < 1.29 is 4.79 Å². The van der Waals surface area contributed by atoms with Gasteiger partial charge in [-0.3, -0.25) is 10.1 Å². The molecule has 1 aromatic carbocycles. The summed E-state index contributed by atoms with van der Waals surface area (Å²) >= 11 is 0. The minimum absolute atomic E-state index is 0.0535. The van der Waals surface area contributed by atoms with Gasteiger partial charge < -0.3 is 4.90 Å². The van der Waals surface area contributed by atoms with Crippen LogP contribution in [0.25, 0.3) is 5.65 Å². The number of para-hydroxylation sites is 1. The highest BCUT2D eigenvalue weighted by Gasteiger charge is 2.31. The number of nitrogens with zero attached hydrogens (tertiary/aromatic N) is 4. The van der Waals surface area contributed by atoms with E-state index in [9.17, 15) is 4.79 Å². The van der Waals surface area contributed by atoms with Crippen molar-refractivity contribution >= 4 is 23.2 Å². The normalized spacial score (nSPS) is 17.6. The van der Waals surface area contributed by atoms with E-state index in [1.165, 1.54) is 0 Å². The Bertz CT molecular complexity index is 796. The quantitative estimate of drug-likeness (QED) is 0.807. The lowest BCUT2D eigenvalue weighted by molar-refractivity contribution is -0.117. The molecule has 3 aromatic rings. The molecule has 1 N–H and O–H groups in total. The molecule has 1 atom stereocenters. The highest BCUT2D eigenvalue weighted by atomic mass is 16.2. The number of hydrogen-bond acceptors (Lipinski definition) is 4. The van der Waals surface area contributed by atoms with Gasteiger partial charge in [-0.2, -0.15) is 4.98 Å². The zero-order valence-corrected chi connectivity index (χ0v) is 12.6. The largest absolute Gasteiger partial charge is 0.360 e. The number of carbonyl (C=O) groups is 1. The number of pyridine rings is 1. The third-order valence-electron chi connectivity index (χ3n) is 4.12. The van der Waals surface area contributed by atoms with Crippen LogP contribution < -0.4 is 10.2 Å². The third kappa shape index (κ3) is 2.63. The number of fused-ring (bicyclic) bond motifs is 1. The molecular formula is C17H17N5O. The molecule has 6 nitrogen and oxygen atoms in total. The molecule has 3 heterocycles. The van der Waals surface area contributed by atoms with E-state index >= 15 is 0 Å². The van der Waals surface area contributed by atoms with Crippen LogP contribution in [0.5, 0.6) is 0 Å². The van der Waals surface area contributed by atoms with E-state index in [0.717, 1.165) is 25.1 Å². The maximum atomic E-state index is 12.6. The van der Waals surface area contributed by atoms with Crippen LogP contribution in [-0.4, -0.2) is 33.1 Å². The average Bonchev–Trinajstić information content (AvgIpc) is 3.22. The first-order chi connectivity index (χ1) is 11.3. The van der Waals surface area contributed by atoms with Crippen molar-refractivity contribution in [1.82, 2.24) is 14.6 Å². The Morgan fingerprint density at radius 2 is 1.96 bits per heavy atom. The third-order valence-corrected chi connectivity index (χ3v) is 4.12. The smallest absolute Gasteiger partial charge is 0.249 e. The van der Waals surface area contributed by atoms with E-state index in [1.54, 1.807) is 4.52 Å². The van der Waals surface area contributed by atoms with Crippen molar-refractivity contribution in [2.75, 3.05) is 16.8 Å². The van der Waals surface area contributed by atoms with Crippen LogP contribution >= 0.6 is 0 Å². The Hall–Kier alpha value is -2.89. The van der Waals surface area contributed by atoms with Crippen molar-refractivity contribution in [3.63, 3.8) is 0 Å². The van der Waals surface area contributed by atoms with Gasteiger partial charge in [-0.25, -0.2) is 4.52 Å². The first-order valence-electron chi connectivity index (χ1n) is 7.75. The fourth-order valence-electron chi connectivity index (χ4n) is 3.05. The van der Waals surface area contributed by atoms with Crippen LogP contribution in [0.4, 0.5) is 11.6 Å². The second-order valence-corrected chi connectivity index (χ2v) is 5.62. The maximum Gasteiger partial charge on any atom is 0.249 e. The summed E-state index contributed by atoms with van der Waals surface area (Å²) in [5.41, 5.74) is 1.79. The summed E-state index contributed by atoms with van der Waals surface area (Å²) in [6.07, 6.45) is 3.66. The van der Waals surface area contributed by atoms with Crippen LogP contribution in [-0.2, 0) is 4.79 Å². The van der Waals surface area contributed by atoms with E-state index in [2.05, 4.69) is 20.3 Å². The van der Waals surface area contributed by atoms with Crippen molar-refractivity contribution in [2.24, 2.45) is 0 Å². The fourth-order valence-corrected chi connectivity index (χ4v) is 3.05. The molecule has 1 amide bonds. The molecule has 6 heteroatoms. The van der Waals surface area contributed by atoms with Gasteiger partial charge in [0.2, 0.25) is 11.9 Å². The zero-order chi connectivity index (χ0) is 15.6. The number of aromatic nitrogens is 3. The van der Waals surface area contributed by atoms with E-state index < -0.39 is 0 Å². The molecule has 0 radical (unpaired) electrons. The van der Waals surface area contributed by atoms with Gasteiger partial charge >= 0.3 is 0 Å². The standard InChI is InChI=1S/C17H17N5O/c23-16(19-17-18-15-10-4-5-12-22(15)20-17)14-9-6-11-21(14)13-7-2-1-3-8-13/h1-5,7-8,10,12,14H,6,9,11H2,(H,19,20,23). The number of carbonyl (C=O) groups excluding carboxylic acids is 1. The lowest BCUT2D eigenvalue weighted by Crippen LogP contribution is -2.39. The number of anilines is 2. The monoisotopic (exact) mass is 307 g/mol. The number of benzene rings is 1. The van der Waals surface area contributed by atoms with Crippen molar-refractivity contribution in [3.05, 3.63) is 54.7 Å². The second kappa shape index (κ2) is 5.72. The molecule has 4 rings (SSSR count). The Morgan fingerprint density at radius 3 is 2.78 bits per heavy atom. The number of rotatable bonds is 3. The molecule has 1 saturated heterocycles. The molecule has 1 fully saturated rings. The highest BCUT2D eigenvalue weighted by molar-refractivity contribution is 5.96. The summed E-state index contributed by atoms with van der Waals surface area (Å²) in [6, 6.07) is 15.5. The molecule has 1 unspecified atom stereocenters. The summed E-state index contributed by atoms with van der Waals surface area (Å²) in [7, 11) is 0. The van der Waals surface area contributed by atoms with E-state index in [4.69, 9.17) is 0 Å². The molecule has 116 valence electrons. The SMILES string of the molecule is O=C(Nc1nc2ccccn2n1)C1CCCN1c1ccccc1. The predicted molar refractivity (Wildman–Crippen MR) is 88.4 cm³/mol. The molecule has 2 aromatic heterocycles. The average molecular weight is 307 g/mol. The summed E-state index contributed by atoms with van der Waals surface area (Å²) in [5, 5.41) is 7.13. The molecule has 1 aliphatic heterocycles. The van der Waals surface area contributed by atoms with Gasteiger partial charge in [-0.15, -0.1) is 5.10 Å². The topological polar surface area (TPSA) is 62.5 Å². The first-order valence-corrected chi connectivity index (χ1v) is 7.75. The van der Waals surface area contributed by atoms with Gasteiger partial charge in [-0.1, -0.05) is 24.3 Å². The molecule has 23 heavy (non-hydrogen) atoms. The lowest BCUT2D eigenvalue weighted by atomic mass is 10.2. The summed E-state index contributed by atoms with van der Waals surface area (Å²) < 4.78 is 1.65. The zero-order valence-electron chi connectivity index (χ0n) is 12.6. The minimum Gasteiger partial charge on any atom is -0.360 e. The molecule has 0 aliphatic carbocycles. The van der Waals surface area contributed by atoms with Gasteiger partial charge in [0.25, 0.3) is 0 Å². The molecule has 1 aliphatic rings. The first kappa shape index (κ1) is 13.8. The maximum absolute atomic E-state index is 12.6. The van der Waals surface area contributed by atoms with E-state index in [0.29, 0.717) is 11.6 Å². The van der Waals surface area contributed by atoms with Crippen LogP contribution in [0.2, 0.25) is 0 Å². The Labute approximate surface area is 133 Å². The van der Waals surface area contributed by atoms with Gasteiger partial charge in [0.1, 0.15) is 6.04 Å². The van der Waals surface area contributed by atoms with Gasteiger partial charge in [-0.05, 0) is 37.1 Å². The van der Waals surface area contributed by atoms with Gasteiger partial charge in [0, 0.05) is 18.4 Å². The molecule has 0 bridgehead atoms. The van der Waals surface area contributed by atoms with Crippen LogP contribution in [0, 0.1) is 0 Å². The Kier molecular flexibility index (Phi) is 3.42. The van der Waals surface area contributed by atoms with Gasteiger partial charge in [0.15, 0.2) is 5.65 Å². The van der Waals surface area contributed by atoms with Crippen LogP contribution in [0.3, 0.4) is 0 Å². The molecule has 0 saturated carbocycles. The minimum atomic E-state index is -0.177. The number of nitrogens with one attached hydrogen (secondary N) is 1. The Balaban J connectivity index is 1.54.